The van der Waals surface area contributed by atoms with Crippen LogP contribution >= 0.6 is 11.6 Å². The molecule has 0 atom stereocenters. The number of Topliss-reactive ketones (excluding diaryl/α,β-unsaturated/α-hetero) is 1. The van der Waals surface area contributed by atoms with Crippen LogP contribution in [0.5, 0.6) is 5.75 Å². The normalized spacial score (nSPS) is 12.3. The number of rotatable bonds is 5. The Bertz CT molecular complexity index is 1420. The number of imidazole rings is 1. The first-order valence-electron chi connectivity index (χ1n) is 12.2. The highest BCUT2D eigenvalue weighted by atomic mass is 35.5. The van der Waals surface area contributed by atoms with E-state index in [-0.39, 0.29) is 28.9 Å². The van der Waals surface area contributed by atoms with Crippen LogP contribution < -0.4 is 10.3 Å². The van der Waals surface area contributed by atoms with Crippen molar-refractivity contribution in [1.29, 1.82) is 0 Å². The average molecular weight is 505 g/mol. The number of nitrogen functional groups attached to an aromatic ring is 1. The highest BCUT2D eigenvalue weighted by molar-refractivity contribution is 6.31. The number of benzene rings is 3. The number of para-hydroxylation sites is 2. The number of nitrogens with two attached hydrogens (primary N) is 1. The summed E-state index contributed by atoms with van der Waals surface area (Å²) < 4.78 is 3.84. The van der Waals surface area contributed by atoms with Gasteiger partial charge in [-0.15, -0.1) is 0 Å². The van der Waals surface area contributed by atoms with Gasteiger partial charge < -0.3 is 5.11 Å². The molecule has 4 rings (SSSR count). The number of aromatic hydroxyl groups is 1. The molecule has 0 aliphatic rings. The van der Waals surface area contributed by atoms with Gasteiger partial charge in [-0.3, -0.25) is 10.5 Å². The van der Waals surface area contributed by atoms with Crippen molar-refractivity contribution in [3.63, 3.8) is 0 Å². The molecule has 6 heteroatoms. The Kier molecular flexibility index (Phi) is 6.65. The standard InChI is InChI=1S/C30H34ClN3O2/c1-29(2,3)21-15-20(16-22(27(21)36)30(4,5)6)26(35)18-34-25-14-10-9-13-24(25)33(28(34)32)17-19-11-7-8-12-23(19)31/h7-16,32H,17-18H2,1-6H3,(H,35,36)/p+1. The van der Waals surface area contributed by atoms with E-state index in [0.717, 1.165) is 27.7 Å². The average Bonchev–Trinajstić information content (AvgIpc) is 3.05. The predicted molar refractivity (Wildman–Crippen MR) is 147 cm³/mol. The van der Waals surface area contributed by atoms with Crippen molar-refractivity contribution >= 4 is 34.4 Å². The fraction of sp³-hybridized carbons (Fsp3) is 0.333. The van der Waals surface area contributed by atoms with Gasteiger partial charge in [-0.05, 0) is 41.2 Å². The third-order valence-electron chi connectivity index (χ3n) is 6.65. The summed E-state index contributed by atoms with van der Waals surface area (Å²) in [6.45, 7) is 12.8. The first kappa shape index (κ1) is 25.8. The number of carbonyl (C=O) groups is 1. The molecule has 0 bridgehead atoms. The van der Waals surface area contributed by atoms with Crippen LogP contribution in [0.1, 0.15) is 68.6 Å². The number of hydrogen-bond donors (Lipinski definition) is 2. The van der Waals surface area contributed by atoms with E-state index >= 15 is 0 Å². The van der Waals surface area contributed by atoms with Gasteiger partial charge in [-0.2, -0.15) is 0 Å². The molecule has 0 amide bonds. The second kappa shape index (κ2) is 9.29. The number of ketones is 1. The molecule has 36 heavy (non-hydrogen) atoms. The topological polar surface area (TPSA) is 72.1 Å². The van der Waals surface area contributed by atoms with Crippen molar-refractivity contribution in [2.75, 3.05) is 5.73 Å². The molecule has 3 N–H and O–H groups in total. The molecule has 0 saturated carbocycles. The Morgan fingerprint density at radius 3 is 2.08 bits per heavy atom. The Labute approximate surface area is 218 Å². The molecular formula is C30H35ClN3O2+. The summed E-state index contributed by atoms with van der Waals surface area (Å²) in [5.74, 6) is 0.675. The van der Waals surface area contributed by atoms with Crippen molar-refractivity contribution in [2.24, 2.45) is 0 Å². The summed E-state index contributed by atoms with van der Waals surface area (Å²) in [4.78, 5) is 13.7. The lowest BCUT2D eigenvalue weighted by Gasteiger charge is -2.28. The molecule has 0 saturated heterocycles. The second-order valence-electron chi connectivity index (χ2n) is 11.5. The van der Waals surface area contributed by atoms with Crippen LogP contribution in [0.3, 0.4) is 0 Å². The van der Waals surface area contributed by atoms with Crippen LogP contribution in [0.4, 0.5) is 5.95 Å². The van der Waals surface area contributed by atoms with Crippen LogP contribution in [-0.2, 0) is 23.9 Å². The van der Waals surface area contributed by atoms with Gasteiger partial charge in [0.25, 0.3) is 0 Å². The maximum atomic E-state index is 13.7. The van der Waals surface area contributed by atoms with Gasteiger partial charge in [0.1, 0.15) is 23.3 Å². The summed E-state index contributed by atoms with van der Waals surface area (Å²) in [6.07, 6.45) is 0. The molecule has 5 nitrogen and oxygen atoms in total. The van der Waals surface area contributed by atoms with Crippen LogP contribution in [0.25, 0.3) is 11.0 Å². The van der Waals surface area contributed by atoms with Crippen LogP contribution in [0, 0.1) is 0 Å². The summed E-state index contributed by atoms with van der Waals surface area (Å²) in [6, 6.07) is 19.2. The van der Waals surface area contributed by atoms with Crippen molar-refractivity contribution in [1.82, 2.24) is 4.57 Å². The van der Waals surface area contributed by atoms with Crippen LogP contribution in [0.15, 0.2) is 60.7 Å². The molecule has 0 spiro atoms. The van der Waals surface area contributed by atoms with Gasteiger partial charge in [-0.1, -0.05) is 83.5 Å². The molecule has 3 aromatic carbocycles. The monoisotopic (exact) mass is 504 g/mol. The fourth-order valence-electron chi connectivity index (χ4n) is 4.62. The first-order valence-corrected chi connectivity index (χ1v) is 12.6. The van der Waals surface area contributed by atoms with Crippen molar-refractivity contribution in [3.8, 4) is 5.75 Å². The molecule has 0 aliphatic heterocycles. The minimum Gasteiger partial charge on any atom is -0.507 e. The molecule has 0 radical (unpaired) electrons. The Balaban J connectivity index is 1.80. The number of halogens is 1. The number of nitrogens with zero attached hydrogens (tertiary/aromatic N) is 2. The number of fused-ring (bicyclic) bond motifs is 1. The van der Waals surface area contributed by atoms with Crippen molar-refractivity contribution < 1.29 is 14.5 Å². The number of hydrogen-bond acceptors (Lipinski definition) is 3. The van der Waals surface area contributed by atoms with E-state index in [4.69, 9.17) is 17.3 Å². The quantitative estimate of drug-likeness (QED) is 0.244. The molecule has 188 valence electrons. The van der Waals surface area contributed by atoms with E-state index in [2.05, 4.69) is 0 Å². The lowest BCUT2D eigenvalue weighted by atomic mass is 9.78. The van der Waals surface area contributed by atoms with Crippen LogP contribution in [0.2, 0.25) is 5.02 Å². The van der Waals surface area contributed by atoms with Gasteiger partial charge in [0.05, 0.1) is 6.54 Å². The molecule has 0 unspecified atom stereocenters. The van der Waals surface area contributed by atoms with E-state index < -0.39 is 0 Å². The van der Waals surface area contributed by atoms with Gasteiger partial charge in [0, 0.05) is 27.3 Å². The Hall–Kier alpha value is -3.31. The zero-order valence-corrected chi connectivity index (χ0v) is 22.6. The smallest absolute Gasteiger partial charge is 0.356 e. The molecule has 4 aromatic rings. The molecule has 1 aromatic heterocycles. The van der Waals surface area contributed by atoms with E-state index in [0.29, 0.717) is 23.1 Å². The Morgan fingerprint density at radius 1 is 0.944 bits per heavy atom. The largest absolute Gasteiger partial charge is 0.507 e. The number of phenols is 1. The fourth-order valence-corrected chi connectivity index (χ4v) is 4.81. The highest BCUT2D eigenvalue weighted by Gasteiger charge is 2.29. The maximum Gasteiger partial charge on any atom is 0.356 e. The van der Waals surface area contributed by atoms with Crippen molar-refractivity contribution in [2.45, 2.75) is 65.5 Å². The third-order valence-corrected chi connectivity index (χ3v) is 7.02. The minimum absolute atomic E-state index is 0.0663. The summed E-state index contributed by atoms with van der Waals surface area (Å²) in [7, 11) is 0. The first-order chi connectivity index (χ1) is 16.8. The zero-order chi connectivity index (χ0) is 26.4. The second-order valence-corrected chi connectivity index (χ2v) is 11.9. The number of phenolic OH excluding ortho intramolecular Hbond substituents is 1. The predicted octanol–water partition coefficient (Wildman–Crippen LogP) is 6.40. The zero-order valence-electron chi connectivity index (χ0n) is 21.9. The van der Waals surface area contributed by atoms with Gasteiger partial charge in [0.15, 0.2) is 5.78 Å². The summed E-state index contributed by atoms with van der Waals surface area (Å²) in [5.41, 5.74) is 10.9. The van der Waals surface area contributed by atoms with Gasteiger partial charge in [0.2, 0.25) is 0 Å². The van der Waals surface area contributed by atoms with E-state index in [1.165, 1.54) is 0 Å². The van der Waals surface area contributed by atoms with E-state index in [1.807, 2.05) is 111 Å². The number of carbonyl (C=O) groups excluding carboxylic acids is 1. The number of anilines is 1. The van der Waals surface area contributed by atoms with E-state index in [9.17, 15) is 9.90 Å². The summed E-state index contributed by atoms with van der Waals surface area (Å²) in [5, 5.41) is 11.7. The lowest BCUT2D eigenvalue weighted by molar-refractivity contribution is -0.648. The molecule has 0 aliphatic carbocycles. The maximum absolute atomic E-state index is 13.7. The SMILES string of the molecule is CC(C)(C)c1cc(C(=O)Cn2c(N)[n+](Cc3ccccc3Cl)c3ccccc32)cc(C(C)(C)C)c1O. The number of aromatic nitrogens is 2. The molecule has 1 heterocycles. The Morgan fingerprint density at radius 2 is 1.50 bits per heavy atom. The van der Waals surface area contributed by atoms with Gasteiger partial charge in [-0.25, -0.2) is 9.13 Å². The van der Waals surface area contributed by atoms with Crippen LogP contribution in [-0.4, -0.2) is 15.5 Å². The molecule has 0 fully saturated rings. The van der Waals surface area contributed by atoms with E-state index in [1.54, 1.807) is 0 Å². The van der Waals surface area contributed by atoms with Gasteiger partial charge >= 0.3 is 5.95 Å². The lowest BCUT2D eigenvalue weighted by Crippen LogP contribution is -2.37. The van der Waals surface area contributed by atoms with Crippen molar-refractivity contribution in [3.05, 3.63) is 87.9 Å². The molecular weight excluding hydrogens is 470 g/mol. The highest BCUT2D eigenvalue weighted by Crippen LogP contribution is 2.40. The summed E-state index contributed by atoms with van der Waals surface area (Å²) >= 11 is 6.43. The minimum atomic E-state index is -0.322. The third kappa shape index (κ3) is 4.85.